The number of rotatable bonds is 2. The van der Waals surface area contributed by atoms with E-state index in [1.54, 1.807) is 40.7 Å². The van der Waals surface area contributed by atoms with Gasteiger partial charge < -0.3 is 9.47 Å². The monoisotopic (exact) mass is 267 g/mol. The maximum Gasteiger partial charge on any atom is 0.419 e. The van der Waals surface area contributed by atoms with E-state index in [4.69, 9.17) is 9.47 Å². The van der Waals surface area contributed by atoms with Crippen molar-refractivity contribution in [2.75, 3.05) is 6.61 Å². The minimum atomic E-state index is -0.617. The predicted octanol–water partition coefficient (Wildman–Crippen LogP) is 3.06. The summed E-state index contributed by atoms with van der Waals surface area (Å²) in [4.78, 5) is 24.0. The van der Waals surface area contributed by atoms with Crippen LogP contribution in [0.15, 0.2) is 6.07 Å². The third-order valence-corrected chi connectivity index (χ3v) is 2.56. The molecule has 5 heteroatoms. The van der Waals surface area contributed by atoms with E-state index in [1.165, 1.54) is 4.57 Å². The zero-order chi connectivity index (χ0) is 14.8. The number of aromatic nitrogens is 1. The van der Waals surface area contributed by atoms with Gasteiger partial charge in [0.15, 0.2) is 0 Å². The van der Waals surface area contributed by atoms with Crippen LogP contribution in [-0.2, 0) is 9.47 Å². The summed E-state index contributed by atoms with van der Waals surface area (Å²) in [6.07, 6.45) is -0.568. The molecule has 0 fully saturated rings. The molecule has 0 aromatic carbocycles. The number of hydrogen-bond acceptors (Lipinski definition) is 4. The van der Waals surface area contributed by atoms with Crippen LogP contribution in [0.25, 0.3) is 0 Å². The van der Waals surface area contributed by atoms with Crippen molar-refractivity contribution in [3.05, 3.63) is 23.0 Å². The second-order valence-electron chi connectivity index (χ2n) is 5.33. The molecule has 0 aliphatic heterocycles. The first-order valence-electron chi connectivity index (χ1n) is 6.26. The fourth-order valence-corrected chi connectivity index (χ4v) is 1.63. The maximum atomic E-state index is 12.2. The molecule has 0 N–H and O–H groups in total. The number of aryl methyl sites for hydroxylation is 1. The summed E-state index contributed by atoms with van der Waals surface area (Å²) >= 11 is 0. The molecule has 0 saturated carbocycles. The molecule has 0 spiro atoms. The summed E-state index contributed by atoms with van der Waals surface area (Å²) in [6.45, 7) is 10.9. The molecule has 0 saturated heterocycles. The van der Waals surface area contributed by atoms with Crippen molar-refractivity contribution in [3.8, 4) is 0 Å². The largest absolute Gasteiger partial charge is 0.461 e. The molecule has 0 aliphatic rings. The van der Waals surface area contributed by atoms with Crippen LogP contribution in [0, 0.1) is 13.8 Å². The predicted molar refractivity (Wildman–Crippen MR) is 71.5 cm³/mol. The average Bonchev–Trinajstić information content (AvgIpc) is 2.53. The second-order valence-corrected chi connectivity index (χ2v) is 5.33. The first-order chi connectivity index (χ1) is 8.67. The van der Waals surface area contributed by atoms with Crippen molar-refractivity contribution in [2.45, 2.75) is 47.1 Å². The highest BCUT2D eigenvalue weighted by Gasteiger charge is 2.25. The van der Waals surface area contributed by atoms with Gasteiger partial charge in [-0.1, -0.05) is 0 Å². The van der Waals surface area contributed by atoms with Gasteiger partial charge in [-0.05, 0) is 53.2 Å². The van der Waals surface area contributed by atoms with E-state index in [9.17, 15) is 9.59 Å². The van der Waals surface area contributed by atoms with Gasteiger partial charge in [0, 0.05) is 5.69 Å². The van der Waals surface area contributed by atoms with Gasteiger partial charge in [-0.15, -0.1) is 0 Å². The Morgan fingerprint density at radius 2 is 1.84 bits per heavy atom. The third kappa shape index (κ3) is 3.59. The van der Waals surface area contributed by atoms with E-state index < -0.39 is 17.7 Å². The minimum absolute atomic E-state index is 0.200. The fourth-order valence-electron chi connectivity index (χ4n) is 1.63. The summed E-state index contributed by atoms with van der Waals surface area (Å²) in [5.41, 5.74) is 1.10. The molecule has 0 aliphatic carbocycles. The van der Waals surface area contributed by atoms with E-state index in [2.05, 4.69) is 0 Å². The molecule has 0 bridgehead atoms. The SMILES string of the molecule is CCOC(=O)c1cc(C)c(C)n1C(=O)OC(C)(C)C. The van der Waals surface area contributed by atoms with Crippen LogP contribution in [-0.4, -0.2) is 28.8 Å². The minimum Gasteiger partial charge on any atom is -0.461 e. The Kier molecular flexibility index (Phi) is 4.39. The fraction of sp³-hybridized carbons (Fsp3) is 0.571. The molecule has 0 unspecified atom stereocenters. The van der Waals surface area contributed by atoms with Crippen LogP contribution < -0.4 is 0 Å². The highest BCUT2D eigenvalue weighted by atomic mass is 16.6. The van der Waals surface area contributed by atoms with Crippen molar-refractivity contribution >= 4 is 12.1 Å². The number of hydrogen-bond donors (Lipinski definition) is 0. The third-order valence-electron chi connectivity index (χ3n) is 2.56. The van der Waals surface area contributed by atoms with Crippen LogP contribution in [0.5, 0.6) is 0 Å². The number of carbonyl (C=O) groups is 2. The van der Waals surface area contributed by atoms with E-state index in [1.807, 2.05) is 6.92 Å². The Morgan fingerprint density at radius 3 is 2.32 bits per heavy atom. The van der Waals surface area contributed by atoms with Crippen LogP contribution in [0.1, 0.15) is 49.4 Å². The molecule has 5 nitrogen and oxygen atoms in total. The van der Waals surface area contributed by atoms with E-state index in [-0.39, 0.29) is 12.3 Å². The molecule has 0 radical (unpaired) electrons. The quantitative estimate of drug-likeness (QED) is 0.773. The Bertz CT molecular complexity index is 494. The Hall–Kier alpha value is -1.78. The highest BCUT2D eigenvalue weighted by molar-refractivity contribution is 5.93. The van der Waals surface area contributed by atoms with Crippen molar-refractivity contribution in [3.63, 3.8) is 0 Å². The zero-order valence-electron chi connectivity index (χ0n) is 12.4. The number of esters is 1. The number of nitrogens with zero attached hydrogens (tertiary/aromatic N) is 1. The van der Waals surface area contributed by atoms with E-state index in [0.717, 1.165) is 5.56 Å². The van der Waals surface area contributed by atoms with Crippen LogP contribution in [0.4, 0.5) is 4.79 Å². The molecule has 0 atom stereocenters. The molecule has 106 valence electrons. The Labute approximate surface area is 113 Å². The van der Waals surface area contributed by atoms with Crippen LogP contribution in [0.2, 0.25) is 0 Å². The van der Waals surface area contributed by atoms with E-state index in [0.29, 0.717) is 5.69 Å². The summed E-state index contributed by atoms with van der Waals surface area (Å²) < 4.78 is 11.5. The number of carbonyl (C=O) groups excluding carboxylic acids is 2. The van der Waals surface area contributed by atoms with Crippen LogP contribution in [0.3, 0.4) is 0 Å². The van der Waals surface area contributed by atoms with E-state index >= 15 is 0 Å². The molecule has 1 rings (SSSR count). The lowest BCUT2D eigenvalue weighted by Crippen LogP contribution is -2.29. The summed E-state index contributed by atoms with van der Waals surface area (Å²) in [7, 11) is 0. The molecule has 1 aromatic heterocycles. The second kappa shape index (κ2) is 5.47. The normalized spacial score (nSPS) is 11.3. The topological polar surface area (TPSA) is 57.5 Å². The maximum absolute atomic E-state index is 12.2. The lowest BCUT2D eigenvalue weighted by atomic mass is 10.2. The zero-order valence-corrected chi connectivity index (χ0v) is 12.4. The van der Waals surface area contributed by atoms with Crippen molar-refractivity contribution in [1.82, 2.24) is 4.57 Å². The average molecular weight is 267 g/mol. The number of ether oxygens (including phenoxy) is 2. The van der Waals surface area contributed by atoms with Crippen molar-refractivity contribution in [2.24, 2.45) is 0 Å². The first-order valence-corrected chi connectivity index (χ1v) is 6.26. The molecule has 0 amide bonds. The van der Waals surface area contributed by atoms with Gasteiger partial charge in [-0.3, -0.25) is 0 Å². The molecule has 1 heterocycles. The van der Waals surface area contributed by atoms with Gasteiger partial charge in [0.25, 0.3) is 0 Å². The van der Waals surface area contributed by atoms with Gasteiger partial charge in [0.05, 0.1) is 6.61 Å². The summed E-state index contributed by atoms with van der Waals surface area (Å²) in [6, 6.07) is 1.64. The van der Waals surface area contributed by atoms with Crippen molar-refractivity contribution < 1.29 is 19.1 Å². The van der Waals surface area contributed by atoms with Crippen LogP contribution >= 0.6 is 0 Å². The lowest BCUT2D eigenvalue weighted by Gasteiger charge is -2.21. The summed E-state index contributed by atoms with van der Waals surface area (Å²) in [5, 5.41) is 0. The Balaban J connectivity index is 3.18. The van der Waals surface area contributed by atoms with Gasteiger partial charge in [0.2, 0.25) is 0 Å². The highest BCUT2D eigenvalue weighted by Crippen LogP contribution is 2.18. The van der Waals surface area contributed by atoms with Gasteiger partial charge in [-0.25, -0.2) is 14.2 Å². The standard InChI is InChI=1S/C14H21NO4/c1-7-18-12(16)11-8-9(2)10(3)15(11)13(17)19-14(4,5)6/h8H,7H2,1-6H3. The smallest absolute Gasteiger partial charge is 0.419 e. The van der Waals surface area contributed by atoms with Gasteiger partial charge in [-0.2, -0.15) is 0 Å². The molecule has 1 aromatic rings. The molecular weight excluding hydrogens is 246 g/mol. The van der Waals surface area contributed by atoms with Gasteiger partial charge in [0.1, 0.15) is 11.3 Å². The molecular formula is C14H21NO4. The molecule has 19 heavy (non-hydrogen) atoms. The Morgan fingerprint density at radius 1 is 1.26 bits per heavy atom. The lowest BCUT2D eigenvalue weighted by molar-refractivity contribution is 0.0447. The van der Waals surface area contributed by atoms with Crippen molar-refractivity contribution in [1.29, 1.82) is 0 Å². The summed E-state index contributed by atoms with van der Waals surface area (Å²) in [5.74, 6) is -0.524. The first kappa shape index (κ1) is 15.3. The van der Waals surface area contributed by atoms with Gasteiger partial charge >= 0.3 is 12.1 Å².